The SMILES string of the molecule is COc1ccc(COC[C@@H](O)[C@H]2O[C@@H]3OC(C)(C)O[C@@H]3[C@H]2OCc2ccc(OC)cc2)cc1. The van der Waals surface area contributed by atoms with E-state index in [1.807, 2.05) is 62.4 Å². The zero-order valence-electron chi connectivity index (χ0n) is 19.4. The number of methoxy groups -OCH3 is 2. The molecular formula is C25H32O8. The van der Waals surface area contributed by atoms with Gasteiger partial charge in [0.15, 0.2) is 12.1 Å². The van der Waals surface area contributed by atoms with E-state index >= 15 is 0 Å². The minimum Gasteiger partial charge on any atom is -0.497 e. The van der Waals surface area contributed by atoms with Gasteiger partial charge in [-0.05, 0) is 49.2 Å². The van der Waals surface area contributed by atoms with Gasteiger partial charge in [0.05, 0.1) is 34.0 Å². The summed E-state index contributed by atoms with van der Waals surface area (Å²) >= 11 is 0. The van der Waals surface area contributed by atoms with Crippen molar-refractivity contribution in [2.24, 2.45) is 0 Å². The Morgan fingerprint density at radius 1 is 0.879 bits per heavy atom. The van der Waals surface area contributed by atoms with Gasteiger partial charge in [-0.2, -0.15) is 0 Å². The molecule has 8 heteroatoms. The Kier molecular flexibility index (Phi) is 7.53. The van der Waals surface area contributed by atoms with Crippen LogP contribution < -0.4 is 9.47 Å². The molecule has 0 aliphatic carbocycles. The lowest BCUT2D eigenvalue weighted by molar-refractivity contribution is -0.233. The molecule has 2 aromatic rings. The summed E-state index contributed by atoms with van der Waals surface area (Å²) < 4.78 is 40.2. The number of fused-ring (bicyclic) bond motifs is 1. The summed E-state index contributed by atoms with van der Waals surface area (Å²) in [6.07, 6.45) is -3.13. The molecule has 5 atom stereocenters. The third-order valence-electron chi connectivity index (χ3n) is 5.72. The van der Waals surface area contributed by atoms with Gasteiger partial charge >= 0.3 is 0 Å². The van der Waals surface area contributed by atoms with Crippen LogP contribution in [-0.4, -0.2) is 62.4 Å². The maximum absolute atomic E-state index is 10.9. The molecule has 2 saturated heterocycles. The topological polar surface area (TPSA) is 84.8 Å². The highest BCUT2D eigenvalue weighted by Crippen LogP contribution is 2.40. The Labute approximate surface area is 194 Å². The van der Waals surface area contributed by atoms with E-state index in [4.69, 9.17) is 33.2 Å². The lowest BCUT2D eigenvalue weighted by atomic mass is 10.1. The summed E-state index contributed by atoms with van der Waals surface area (Å²) in [5.41, 5.74) is 1.95. The van der Waals surface area contributed by atoms with Gasteiger partial charge in [-0.1, -0.05) is 24.3 Å². The van der Waals surface area contributed by atoms with Crippen LogP contribution >= 0.6 is 0 Å². The highest BCUT2D eigenvalue weighted by molar-refractivity contribution is 5.27. The molecule has 0 saturated carbocycles. The van der Waals surface area contributed by atoms with Crippen molar-refractivity contribution < 1.29 is 38.3 Å². The average molecular weight is 461 g/mol. The molecule has 0 aromatic heterocycles. The van der Waals surface area contributed by atoms with E-state index in [1.54, 1.807) is 14.2 Å². The monoisotopic (exact) mass is 460 g/mol. The first-order valence-electron chi connectivity index (χ1n) is 11.0. The number of hydrogen-bond acceptors (Lipinski definition) is 8. The molecule has 0 amide bonds. The first-order chi connectivity index (χ1) is 15.9. The molecular weight excluding hydrogens is 428 g/mol. The smallest absolute Gasteiger partial charge is 0.190 e. The minimum atomic E-state index is -0.912. The zero-order valence-corrected chi connectivity index (χ0v) is 19.4. The van der Waals surface area contributed by atoms with Crippen molar-refractivity contribution in [1.29, 1.82) is 0 Å². The molecule has 0 bridgehead atoms. The van der Waals surface area contributed by atoms with Gasteiger partial charge in [0, 0.05) is 0 Å². The van der Waals surface area contributed by atoms with E-state index in [9.17, 15) is 5.11 Å². The number of aliphatic hydroxyl groups is 1. The van der Waals surface area contributed by atoms with Crippen LogP contribution in [0.1, 0.15) is 25.0 Å². The Balaban J connectivity index is 1.36. The Bertz CT molecular complexity index is 882. The Morgan fingerprint density at radius 2 is 1.45 bits per heavy atom. The molecule has 0 unspecified atom stereocenters. The molecule has 2 aliphatic rings. The summed E-state index contributed by atoms with van der Waals surface area (Å²) in [7, 11) is 3.25. The minimum absolute atomic E-state index is 0.0852. The summed E-state index contributed by atoms with van der Waals surface area (Å²) in [6.45, 7) is 4.44. The first-order valence-corrected chi connectivity index (χ1v) is 11.0. The van der Waals surface area contributed by atoms with Crippen LogP contribution in [0.5, 0.6) is 11.5 Å². The Hall–Kier alpha value is -2.20. The van der Waals surface area contributed by atoms with Gasteiger partial charge in [-0.25, -0.2) is 0 Å². The predicted molar refractivity (Wildman–Crippen MR) is 119 cm³/mol. The zero-order chi connectivity index (χ0) is 23.4. The van der Waals surface area contributed by atoms with Crippen LogP contribution in [0.4, 0.5) is 0 Å². The molecule has 33 heavy (non-hydrogen) atoms. The fourth-order valence-electron chi connectivity index (χ4n) is 4.03. The van der Waals surface area contributed by atoms with Crippen molar-refractivity contribution in [2.75, 3.05) is 20.8 Å². The summed E-state index contributed by atoms with van der Waals surface area (Å²) in [5, 5.41) is 10.9. The number of rotatable bonds is 10. The number of aliphatic hydroxyl groups excluding tert-OH is 1. The molecule has 0 radical (unpaired) electrons. The molecule has 2 aliphatic heterocycles. The van der Waals surface area contributed by atoms with Crippen LogP contribution in [0.3, 0.4) is 0 Å². The summed E-state index contributed by atoms with van der Waals surface area (Å²) in [6, 6.07) is 15.2. The van der Waals surface area contributed by atoms with E-state index < -0.39 is 36.5 Å². The lowest BCUT2D eigenvalue weighted by Crippen LogP contribution is -2.44. The summed E-state index contributed by atoms with van der Waals surface area (Å²) in [5.74, 6) is 0.779. The second-order valence-corrected chi connectivity index (χ2v) is 8.62. The van der Waals surface area contributed by atoms with E-state index in [0.29, 0.717) is 13.2 Å². The van der Waals surface area contributed by atoms with E-state index in [-0.39, 0.29) is 6.61 Å². The lowest BCUT2D eigenvalue weighted by Gasteiger charge is -2.28. The van der Waals surface area contributed by atoms with Gasteiger partial charge in [0.2, 0.25) is 0 Å². The van der Waals surface area contributed by atoms with Crippen LogP contribution in [-0.2, 0) is 36.9 Å². The largest absolute Gasteiger partial charge is 0.497 e. The molecule has 180 valence electrons. The standard InChI is InChI=1S/C25H32O8/c1-25(2)32-23-22(30-14-17-7-11-19(28-4)12-8-17)21(31-24(23)33-25)20(26)15-29-13-16-5-9-18(27-3)10-6-16/h5-12,20-24,26H,13-15H2,1-4H3/t20-,21-,22+,23-,24-/m1/s1. The first kappa shape index (κ1) is 23.9. The fraction of sp³-hybridized carbons (Fsp3) is 0.520. The van der Waals surface area contributed by atoms with Crippen LogP contribution in [0.2, 0.25) is 0 Å². The van der Waals surface area contributed by atoms with Gasteiger partial charge in [0.25, 0.3) is 0 Å². The van der Waals surface area contributed by atoms with Gasteiger partial charge in [0.1, 0.15) is 35.9 Å². The maximum Gasteiger partial charge on any atom is 0.190 e. The number of hydrogen-bond donors (Lipinski definition) is 1. The third kappa shape index (κ3) is 5.84. The molecule has 2 fully saturated rings. The average Bonchev–Trinajstić information content (AvgIpc) is 3.30. The van der Waals surface area contributed by atoms with Crippen molar-refractivity contribution in [3.63, 3.8) is 0 Å². The summed E-state index contributed by atoms with van der Waals surface area (Å²) in [4.78, 5) is 0. The molecule has 0 spiro atoms. The second kappa shape index (κ2) is 10.4. The maximum atomic E-state index is 10.9. The molecule has 1 N–H and O–H groups in total. The Morgan fingerprint density at radius 3 is 2.03 bits per heavy atom. The normalized spacial score (nSPS) is 26.7. The van der Waals surface area contributed by atoms with Crippen LogP contribution in [0, 0.1) is 0 Å². The van der Waals surface area contributed by atoms with E-state index in [0.717, 1.165) is 22.6 Å². The van der Waals surface area contributed by atoms with Crippen molar-refractivity contribution in [2.45, 2.75) is 63.6 Å². The number of benzene rings is 2. The quantitative estimate of drug-likeness (QED) is 0.579. The van der Waals surface area contributed by atoms with Crippen molar-refractivity contribution in [3.05, 3.63) is 59.7 Å². The fourth-order valence-corrected chi connectivity index (χ4v) is 4.03. The van der Waals surface area contributed by atoms with Gasteiger partial charge in [-0.3, -0.25) is 0 Å². The van der Waals surface area contributed by atoms with E-state index in [2.05, 4.69) is 0 Å². The highest BCUT2D eigenvalue weighted by Gasteiger charge is 2.57. The van der Waals surface area contributed by atoms with Crippen molar-refractivity contribution in [3.8, 4) is 11.5 Å². The predicted octanol–water partition coefficient (Wildman–Crippen LogP) is 3.04. The van der Waals surface area contributed by atoms with Crippen LogP contribution in [0.15, 0.2) is 48.5 Å². The van der Waals surface area contributed by atoms with Gasteiger partial charge in [-0.15, -0.1) is 0 Å². The number of ether oxygens (including phenoxy) is 7. The molecule has 2 heterocycles. The van der Waals surface area contributed by atoms with E-state index in [1.165, 1.54) is 0 Å². The van der Waals surface area contributed by atoms with Crippen molar-refractivity contribution >= 4 is 0 Å². The highest BCUT2D eigenvalue weighted by atomic mass is 16.8. The molecule has 8 nitrogen and oxygen atoms in total. The molecule has 2 aromatic carbocycles. The van der Waals surface area contributed by atoms with Crippen molar-refractivity contribution in [1.82, 2.24) is 0 Å². The van der Waals surface area contributed by atoms with Gasteiger partial charge < -0.3 is 38.3 Å². The van der Waals surface area contributed by atoms with Crippen LogP contribution in [0.25, 0.3) is 0 Å². The third-order valence-corrected chi connectivity index (χ3v) is 5.72. The molecule has 4 rings (SSSR count). The second-order valence-electron chi connectivity index (χ2n) is 8.62.